The molecule has 1 fully saturated rings. The number of benzene rings is 1. The van der Waals surface area contributed by atoms with Gasteiger partial charge >= 0.3 is 0 Å². The van der Waals surface area contributed by atoms with E-state index in [-0.39, 0.29) is 5.91 Å². The molecule has 2 rings (SSSR count). The molecule has 5 heteroatoms. The quantitative estimate of drug-likeness (QED) is 0.760. The summed E-state index contributed by atoms with van der Waals surface area (Å²) in [7, 11) is 0. The molecule has 1 aromatic rings. The second kappa shape index (κ2) is 9.28. The lowest BCUT2D eigenvalue weighted by molar-refractivity contribution is -0.127. The number of carbonyl (C=O) groups is 1. The number of carbonyl (C=O) groups excluding carboxylic acids is 1. The van der Waals surface area contributed by atoms with Crippen LogP contribution in [0, 0.1) is 13.8 Å². The van der Waals surface area contributed by atoms with Crippen LogP contribution in [0.15, 0.2) is 12.1 Å². The average Bonchev–Trinajstić information content (AvgIpc) is 2.57. The van der Waals surface area contributed by atoms with Gasteiger partial charge in [0, 0.05) is 11.6 Å². The molecule has 1 aliphatic rings. The number of nitrogens with one attached hydrogen (secondary N) is 1. The zero-order valence-corrected chi connectivity index (χ0v) is 15.8. The van der Waals surface area contributed by atoms with Crippen molar-refractivity contribution in [2.45, 2.75) is 52.6 Å². The van der Waals surface area contributed by atoms with Crippen molar-refractivity contribution in [2.24, 2.45) is 0 Å². The van der Waals surface area contributed by atoms with E-state index >= 15 is 0 Å². The fourth-order valence-corrected chi connectivity index (χ4v) is 3.18. The highest BCUT2D eigenvalue weighted by Crippen LogP contribution is 2.26. The van der Waals surface area contributed by atoms with Crippen LogP contribution in [0.1, 0.15) is 43.7 Å². The number of likely N-dealkylation sites (tertiary alicyclic amines) is 1. The third kappa shape index (κ3) is 5.67. The van der Waals surface area contributed by atoms with Gasteiger partial charge in [-0.25, -0.2) is 0 Å². The highest BCUT2D eigenvalue weighted by molar-refractivity contribution is 6.32. The average molecular weight is 353 g/mol. The SMILES string of the molecule is Cc1cc(O[C@@H](C)C(=O)NCCCN2CCCCC2)cc(C)c1Cl. The first-order valence-electron chi connectivity index (χ1n) is 8.91. The fourth-order valence-electron chi connectivity index (χ4n) is 3.07. The zero-order valence-electron chi connectivity index (χ0n) is 15.0. The molecule has 1 heterocycles. The van der Waals surface area contributed by atoms with Crippen molar-refractivity contribution in [1.29, 1.82) is 0 Å². The van der Waals surface area contributed by atoms with E-state index in [2.05, 4.69) is 10.2 Å². The summed E-state index contributed by atoms with van der Waals surface area (Å²) in [4.78, 5) is 14.6. The molecule has 1 aliphatic heterocycles. The van der Waals surface area contributed by atoms with Gasteiger partial charge in [-0.2, -0.15) is 0 Å². The van der Waals surface area contributed by atoms with E-state index in [4.69, 9.17) is 16.3 Å². The molecule has 0 aliphatic carbocycles. The number of halogens is 1. The Labute approximate surface area is 150 Å². The maximum Gasteiger partial charge on any atom is 0.260 e. The van der Waals surface area contributed by atoms with Crippen LogP contribution in [-0.2, 0) is 4.79 Å². The van der Waals surface area contributed by atoms with Gasteiger partial charge in [0.25, 0.3) is 5.91 Å². The summed E-state index contributed by atoms with van der Waals surface area (Å²) in [6.07, 6.45) is 4.43. The van der Waals surface area contributed by atoms with Crippen molar-refractivity contribution in [1.82, 2.24) is 10.2 Å². The summed E-state index contributed by atoms with van der Waals surface area (Å²) in [5.74, 6) is 0.615. The molecule has 0 unspecified atom stereocenters. The van der Waals surface area contributed by atoms with E-state index in [1.165, 1.54) is 32.4 Å². The number of aryl methyl sites for hydroxylation is 2. The molecule has 1 atom stereocenters. The van der Waals surface area contributed by atoms with Crippen molar-refractivity contribution in [2.75, 3.05) is 26.2 Å². The Kier molecular flexibility index (Phi) is 7.38. The highest BCUT2D eigenvalue weighted by Gasteiger charge is 2.15. The lowest BCUT2D eigenvalue weighted by Gasteiger charge is -2.26. The number of rotatable bonds is 7. The first-order valence-corrected chi connectivity index (χ1v) is 9.28. The van der Waals surface area contributed by atoms with Crippen molar-refractivity contribution in [3.8, 4) is 5.75 Å². The van der Waals surface area contributed by atoms with E-state index in [9.17, 15) is 4.79 Å². The molecule has 1 amide bonds. The predicted molar refractivity (Wildman–Crippen MR) is 98.9 cm³/mol. The number of ether oxygens (including phenoxy) is 1. The summed E-state index contributed by atoms with van der Waals surface area (Å²) in [5, 5.41) is 3.71. The number of nitrogens with zero attached hydrogens (tertiary/aromatic N) is 1. The van der Waals surface area contributed by atoms with Crippen molar-refractivity contribution < 1.29 is 9.53 Å². The van der Waals surface area contributed by atoms with Crippen LogP contribution in [-0.4, -0.2) is 43.1 Å². The van der Waals surface area contributed by atoms with Gasteiger partial charge in [-0.3, -0.25) is 4.79 Å². The summed E-state index contributed by atoms with van der Waals surface area (Å²) < 4.78 is 5.76. The minimum absolute atomic E-state index is 0.0705. The van der Waals surface area contributed by atoms with Crippen LogP contribution < -0.4 is 10.1 Å². The van der Waals surface area contributed by atoms with Gasteiger partial charge in [-0.05, 0) is 82.9 Å². The Morgan fingerprint density at radius 1 is 1.25 bits per heavy atom. The highest BCUT2D eigenvalue weighted by atomic mass is 35.5. The Balaban J connectivity index is 1.71. The van der Waals surface area contributed by atoms with Crippen LogP contribution in [0.3, 0.4) is 0 Å². The Morgan fingerprint density at radius 2 is 1.88 bits per heavy atom. The molecule has 1 saturated heterocycles. The molecular weight excluding hydrogens is 324 g/mol. The van der Waals surface area contributed by atoms with Gasteiger partial charge in [-0.1, -0.05) is 18.0 Å². The molecule has 134 valence electrons. The van der Waals surface area contributed by atoms with Crippen molar-refractivity contribution in [3.05, 3.63) is 28.3 Å². The fraction of sp³-hybridized carbons (Fsp3) is 0.632. The van der Waals surface area contributed by atoms with Crippen LogP contribution in [0.5, 0.6) is 5.75 Å². The maximum absolute atomic E-state index is 12.2. The minimum Gasteiger partial charge on any atom is -0.481 e. The third-order valence-electron chi connectivity index (χ3n) is 4.49. The van der Waals surface area contributed by atoms with Gasteiger partial charge in [-0.15, -0.1) is 0 Å². The normalized spacial score (nSPS) is 16.7. The van der Waals surface area contributed by atoms with E-state index < -0.39 is 6.10 Å². The van der Waals surface area contributed by atoms with Gasteiger partial charge in [0.2, 0.25) is 0 Å². The summed E-state index contributed by atoms with van der Waals surface area (Å²) >= 11 is 6.16. The van der Waals surface area contributed by atoms with Gasteiger partial charge in [0.1, 0.15) is 5.75 Å². The summed E-state index contributed by atoms with van der Waals surface area (Å²) in [5.41, 5.74) is 1.92. The Hall–Kier alpha value is -1.26. The smallest absolute Gasteiger partial charge is 0.260 e. The Morgan fingerprint density at radius 3 is 2.50 bits per heavy atom. The molecule has 1 N–H and O–H groups in total. The Bertz CT molecular complexity index is 533. The predicted octanol–water partition coefficient (Wildman–Crippen LogP) is 3.72. The lowest BCUT2D eigenvalue weighted by atomic mass is 10.1. The summed E-state index contributed by atoms with van der Waals surface area (Å²) in [6, 6.07) is 3.74. The van der Waals surface area contributed by atoms with Gasteiger partial charge in [0.05, 0.1) is 0 Å². The zero-order chi connectivity index (χ0) is 17.5. The molecule has 0 radical (unpaired) electrons. The van der Waals surface area contributed by atoms with E-state index in [1.807, 2.05) is 26.0 Å². The van der Waals surface area contributed by atoms with Crippen molar-refractivity contribution >= 4 is 17.5 Å². The number of piperidine rings is 1. The van der Waals surface area contributed by atoms with E-state index in [0.29, 0.717) is 12.3 Å². The molecule has 4 nitrogen and oxygen atoms in total. The van der Waals surface area contributed by atoms with E-state index in [1.54, 1.807) is 6.92 Å². The number of amides is 1. The lowest BCUT2D eigenvalue weighted by Crippen LogP contribution is -2.38. The van der Waals surface area contributed by atoms with Crippen LogP contribution in [0.25, 0.3) is 0 Å². The van der Waals surface area contributed by atoms with Gasteiger partial charge in [0.15, 0.2) is 6.10 Å². The topological polar surface area (TPSA) is 41.6 Å². The maximum atomic E-state index is 12.2. The number of hydrogen-bond acceptors (Lipinski definition) is 3. The molecule has 0 spiro atoms. The standard InChI is InChI=1S/C19H29ClN2O2/c1-14-12-17(13-15(2)18(14)20)24-16(3)19(23)21-8-7-11-22-9-5-4-6-10-22/h12-13,16H,4-11H2,1-3H3,(H,21,23)/t16-/m0/s1. The van der Waals surface area contributed by atoms with Crippen LogP contribution in [0.2, 0.25) is 5.02 Å². The third-order valence-corrected chi connectivity index (χ3v) is 5.09. The second-order valence-electron chi connectivity index (χ2n) is 6.68. The number of hydrogen-bond donors (Lipinski definition) is 1. The molecular formula is C19H29ClN2O2. The van der Waals surface area contributed by atoms with E-state index in [0.717, 1.165) is 29.1 Å². The van der Waals surface area contributed by atoms with Crippen molar-refractivity contribution in [3.63, 3.8) is 0 Å². The monoisotopic (exact) mass is 352 g/mol. The van der Waals surface area contributed by atoms with Crippen LogP contribution >= 0.6 is 11.6 Å². The molecule has 1 aromatic carbocycles. The largest absolute Gasteiger partial charge is 0.481 e. The van der Waals surface area contributed by atoms with Crippen LogP contribution in [0.4, 0.5) is 0 Å². The first-order chi connectivity index (χ1) is 11.5. The van der Waals surface area contributed by atoms with Gasteiger partial charge < -0.3 is 15.0 Å². The summed E-state index contributed by atoms with van der Waals surface area (Å²) in [6.45, 7) is 9.80. The molecule has 24 heavy (non-hydrogen) atoms. The first kappa shape index (κ1) is 19.1. The molecule has 0 aromatic heterocycles. The molecule has 0 saturated carbocycles. The molecule has 0 bridgehead atoms. The minimum atomic E-state index is -0.514. The second-order valence-corrected chi connectivity index (χ2v) is 7.06.